The fourth-order valence-electron chi connectivity index (χ4n) is 1.61. The number of hydrogen-bond donors (Lipinski definition) is 1. The molecule has 0 aliphatic rings. The summed E-state index contributed by atoms with van der Waals surface area (Å²) in [5.41, 5.74) is 1.58. The predicted molar refractivity (Wildman–Crippen MR) is 79.9 cm³/mol. The number of urea groups is 1. The molecule has 0 saturated heterocycles. The van der Waals surface area contributed by atoms with Crippen LogP contribution in [0.1, 0.15) is 13.8 Å². The standard InChI is InChI=1S/C14H20N2O2S/c1-5-16(10-11(2)3)14(17)15-12-7-6-8-13(9-12)19(4)18/h6-9H,2,5,10H2,1,3-4H3,(H,15,17)/t19-/m0/s1. The molecule has 0 radical (unpaired) electrons. The molecule has 1 N–H and O–H groups in total. The maximum absolute atomic E-state index is 12.1. The highest BCUT2D eigenvalue weighted by molar-refractivity contribution is 7.84. The molecule has 104 valence electrons. The van der Waals surface area contributed by atoms with Gasteiger partial charge in [0.1, 0.15) is 0 Å². The van der Waals surface area contributed by atoms with Crippen molar-refractivity contribution in [2.75, 3.05) is 24.7 Å². The summed E-state index contributed by atoms with van der Waals surface area (Å²) in [6.07, 6.45) is 1.61. The van der Waals surface area contributed by atoms with Crippen LogP contribution in [0.25, 0.3) is 0 Å². The summed E-state index contributed by atoms with van der Waals surface area (Å²) < 4.78 is 11.4. The average Bonchev–Trinajstić information content (AvgIpc) is 2.35. The van der Waals surface area contributed by atoms with Gasteiger partial charge in [-0.3, -0.25) is 4.21 Å². The first-order chi connectivity index (χ1) is 8.93. The first-order valence-corrected chi connectivity index (χ1v) is 7.63. The monoisotopic (exact) mass is 280 g/mol. The van der Waals surface area contributed by atoms with Crippen molar-refractivity contribution < 1.29 is 9.00 Å². The van der Waals surface area contributed by atoms with Gasteiger partial charge in [-0.1, -0.05) is 18.2 Å². The molecule has 0 heterocycles. The van der Waals surface area contributed by atoms with Crippen molar-refractivity contribution in [3.63, 3.8) is 0 Å². The van der Waals surface area contributed by atoms with E-state index >= 15 is 0 Å². The summed E-state index contributed by atoms with van der Waals surface area (Å²) in [6.45, 7) is 8.75. The van der Waals surface area contributed by atoms with Gasteiger partial charge in [0.15, 0.2) is 0 Å². The third-order valence-corrected chi connectivity index (χ3v) is 3.46. The van der Waals surface area contributed by atoms with Crippen LogP contribution in [0.15, 0.2) is 41.3 Å². The summed E-state index contributed by atoms with van der Waals surface area (Å²) in [5, 5.41) is 2.80. The lowest BCUT2D eigenvalue weighted by Gasteiger charge is -2.21. The second-order valence-corrected chi connectivity index (χ2v) is 5.76. The quantitative estimate of drug-likeness (QED) is 0.843. The van der Waals surface area contributed by atoms with Gasteiger partial charge in [-0.25, -0.2) is 4.79 Å². The molecule has 1 aromatic carbocycles. The number of nitrogens with one attached hydrogen (secondary N) is 1. The topological polar surface area (TPSA) is 49.4 Å². The molecule has 4 nitrogen and oxygen atoms in total. The van der Waals surface area contributed by atoms with Crippen LogP contribution in [0.3, 0.4) is 0 Å². The minimum absolute atomic E-state index is 0.176. The Kier molecular flexibility index (Phi) is 5.76. The summed E-state index contributed by atoms with van der Waals surface area (Å²) >= 11 is 0. The van der Waals surface area contributed by atoms with Crippen LogP contribution >= 0.6 is 0 Å². The van der Waals surface area contributed by atoms with Crippen molar-refractivity contribution in [1.82, 2.24) is 4.90 Å². The molecule has 5 heteroatoms. The number of carbonyl (C=O) groups excluding carboxylic acids is 1. The van der Waals surface area contributed by atoms with Crippen molar-refractivity contribution in [2.24, 2.45) is 0 Å². The van der Waals surface area contributed by atoms with Crippen LogP contribution in [0.5, 0.6) is 0 Å². The predicted octanol–water partition coefficient (Wildman–Crippen LogP) is 2.85. The maximum Gasteiger partial charge on any atom is 0.322 e. The number of amides is 2. The van der Waals surface area contributed by atoms with Gasteiger partial charge in [-0.05, 0) is 32.0 Å². The molecule has 1 atom stereocenters. The van der Waals surface area contributed by atoms with E-state index in [1.807, 2.05) is 13.8 Å². The summed E-state index contributed by atoms with van der Waals surface area (Å²) in [6, 6.07) is 6.88. The van der Waals surface area contributed by atoms with Crippen molar-refractivity contribution in [1.29, 1.82) is 0 Å². The van der Waals surface area contributed by atoms with E-state index in [1.165, 1.54) is 0 Å². The number of likely N-dealkylation sites (N-methyl/N-ethyl adjacent to an activating group) is 1. The fourth-order valence-corrected chi connectivity index (χ4v) is 2.17. The summed E-state index contributed by atoms with van der Waals surface area (Å²) in [4.78, 5) is 14.4. The van der Waals surface area contributed by atoms with Crippen LogP contribution in [0.4, 0.5) is 10.5 Å². The molecular formula is C14H20N2O2S. The van der Waals surface area contributed by atoms with Gasteiger partial charge >= 0.3 is 6.03 Å². The fraction of sp³-hybridized carbons (Fsp3) is 0.357. The number of anilines is 1. The van der Waals surface area contributed by atoms with Crippen LogP contribution in [0, 0.1) is 0 Å². The molecule has 0 fully saturated rings. The number of hydrogen-bond acceptors (Lipinski definition) is 2. The molecule has 0 spiro atoms. The van der Waals surface area contributed by atoms with Crippen molar-refractivity contribution in [3.8, 4) is 0 Å². The molecule has 0 saturated carbocycles. The lowest BCUT2D eigenvalue weighted by Crippen LogP contribution is -2.35. The Bertz CT molecular complexity index is 500. The Labute approximate surface area is 117 Å². The Morgan fingerprint density at radius 1 is 1.47 bits per heavy atom. The van der Waals surface area contributed by atoms with E-state index < -0.39 is 10.8 Å². The number of rotatable bonds is 5. The molecule has 0 aromatic heterocycles. The third kappa shape index (κ3) is 4.87. The first-order valence-electron chi connectivity index (χ1n) is 6.07. The minimum atomic E-state index is -1.05. The zero-order chi connectivity index (χ0) is 14.4. The molecule has 1 aromatic rings. The van der Waals surface area contributed by atoms with Gasteiger partial charge in [-0.15, -0.1) is 0 Å². The molecule has 2 amide bonds. The molecular weight excluding hydrogens is 260 g/mol. The van der Waals surface area contributed by atoms with E-state index in [0.29, 0.717) is 23.7 Å². The van der Waals surface area contributed by atoms with Crippen LogP contribution < -0.4 is 5.32 Å². The summed E-state index contributed by atoms with van der Waals surface area (Å²) in [5.74, 6) is 0. The highest BCUT2D eigenvalue weighted by Gasteiger charge is 2.11. The highest BCUT2D eigenvalue weighted by Crippen LogP contribution is 2.14. The Morgan fingerprint density at radius 3 is 2.68 bits per heavy atom. The van der Waals surface area contributed by atoms with E-state index in [9.17, 15) is 9.00 Å². The highest BCUT2D eigenvalue weighted by atomic mass is 32.2. The number of carbonyl (C=O) groups is 1. The van der Waals surface area contributed by atoms with Crippen LogP contribution in [-0.4, -0.2) is 34.5 Å². The smallest absolute Gasteiger partial charge is 0.321 e. The van der Waals surface area contributed by atoms with E-state index in [4.69, 9.17) is 0 Å². The van der Waals surface area contributed by atoms with Crippen molar-refractivity contribution in [3.05, 3.63) is 36.4 Å². The molecule has 1 rings (SSSR count). The van der Waals surface area contributed by atoms with Gasteiger partial charge in [0, 0.05) is 40.7 Å². The Morgan fingerprint density at radius 2 is 2.16 bits per heavy atom. The van der Waals surface area contributed by atoms with Crippen molar-refractivity contribution >= 4 is 22.5 Å². The lowest BCUT2D eigenvalue weighted by atomic mass is 10.3. The largest absolute Gasteiger partial charge is 0.322 e. The van der Waals surface area contributed by atoms with Crippen LogP contribution in [-0.2, 0) is 10.8 Å². The van der Waals surface area contributed by atoms with E-state index in [1.54, 1.807) is 35.4 Å². The van der Waals surface area contributed by atoms with E-state index in [0.717, 1.165) is 5.57 Å². The normalized spacial score (nSPS) is 11.7. The second kappa shape index (κ2) is 7.09. The molecule has 0 aliphatic heterocycles. The second-order valence-electron chi connectivity index (χ2n) is 4.38. The molecule has 19 heavy (non-hydrogen) atoms. The molecule has 0 unspecified atom stereocenters. The molecule has 0 aliphatic carbocycles. The van der Waals surface area contributed by atoms with Gasteiger partial charge < -0.3 is 10.2 Å². The van der Waals surface area contributed by atoms with E-state index in [2.05, 4.69) is 11.9 Å². The Hall–Kier alpha value is -1.62. The number of benzene rings is 1. The van der Waals surface area contributed by atoms with Gasteiger partial charge in [0.25, 0.3) is 0 Å². The average molecular weight is 280 g/mol. The third-order valence-electron chi connectivity index (χ3n) is 2.55. The minimum Gasteiger partial charge on any atom is -0.321 e. The Balaban J connectivity index is 2.78. The number of nitrogens with zero attached hydrogens (tertiary/aromatic N) is 1. The van der Waals surface area contributed by atoms with Gasteiger partial charge in [0.2, 0.25) is 0 Å². The first kappa shape index (κ1) is 15.4. The van der Waals surface area contributed by atoms with Crippen LogP contribution in [0.2, 0.25) is 0 Å². The zero-order valence-electron chi connectivity index (χ0n) is 11.6. The maximum atomic E-state index is 12.1. The molecule has 0 bridgehead atoms. The SMILES string of the molecule is C=C(C)CN(CC)C(=O)Nc1cccc([S@](C)=O)c1. The van der Waals surface area contributed by atoms with Gasteiger partial charge in [0.05, 0.1) is 0 Å². The van der Waals surface area contributed by atoms with E-state index in [-0.39, 0.29) is 6.03 Å². The van der Waals surface area contributed by atoms with Gasteiger partial charge in [-0.2, -0.15) is 0 Å². The lowest BCUT2D eigenvalue weighted by molar-refractivity contribution is 0.218. The van der Waals surface area contributed by atoms with Crippen molar-refractivity contribution in [2.45, 2.75) is 18.7 Å². The zero-order valence-corrected chi connectivity index (χ0v) is 12.4. The summed E-state index contributed by atoms with van der Waals surface area (Å²) in [7, 11) is -1.05.